The summed E-state index contributed by atoms with van der Waals surface area (Å²) in [6.07, 6.45) is 0.794. The number of rotatable bonds is 9. The van der Waals surface area contributed by atoms with Crippen LogP contribution in [0.2, 0.25) is 0 Å². The Morgan fingerprint density at radius 3 is 2.48 bits per heavy atom. The van der Waals surface area contributed by atoms with E-state index in [1.165, 1.54) is 9.18 Å². The molecule has 1 atom stereocenters. The minimum Gasteiger partial charge on any atom is -0.314 e. The van der Waals surface area contributed by atoms with Crippen LogP contribution in [0.4, 0.5) is 0 Å². The summed E-state index contributed by atoms with van der Waals surface area (Å²) in [5, 5.41) is 3.28. The highest BCUT2D eigenvalue weighted by Gasteiger charge is 2.21. The molecule has 1 rings (SSSR count). The van der Waals surface area contributed by atoms with Crippen molar-refractivity contribution < 1.29 is 8.42 Å². The maximum absolute atomic E-state index is 12.2. The smallest absolute Gasteiger partial charge is 0.279 e. The van der Waals surface area contributed by atoms with E-state index in [4.69, 9.17) is 0 Å². The van der Waals surface area contributed by atoms with Gasteiger partial charge in [0.05, 0.1) is 6.04 Å². The largest absolute Gasteiger partial charge is 0.314 e. The highest BCUT2D eigenvalue weighted by molar-refractivity contribution is 7.87. The summed E-state index contributed by atoms with van der Waals surface area (Å²) in [5.41, 5.74) is 0. The van der Waals surface area contributed by atoms with Crippen LogP contribution in [0.25, 0.3) is 0 Å². The molecule has 1 aromatic rings. The number of nitrogens with zero attached hydrogens (tertiary/aromatic N) is 1. The molecule has 0 aliphatic rings. The second-order valence-electron chi connectivity index (χ2n) is 5.58. The van der Waals surface area contributed by atoms with Crippen LogP contribution in [0.5, 0.6) is 0 Å². The van der Waals surface area contributed by atoms with E-state index in [2.05, 4.69) is 23.9 Å². The summed E-state index contributed by atoms with van der Waals surface area (Å²) in [6.45, 7) is 9.36. The van der Waals surface area contributed by atoms with Crippen LogP contribution < -0.4 is 10.0 Å². The number of nitrogens with one attached hydrogen (secondary N) is 2. The molecule has 1 heterocycles. The van der Waals surface area contributed by atoms with Gasteiger partial charge in [-0.1, -0.05) is 13.8 Å². The van der Waals surface area contributed by atoms with Gasteiger partial charge in [0.2, 0.25) is 0 Å². The summed E-state index contributed by atoms with van der Waals surface area (Å²) in [5.74, 6) is 0. The van der Waals surface area contributed by atoms with E-state index in [-0.39, 0.29) is 6.04 Å². The van der Waals surface area contributed by atoms with Gasteiger partial charge >= 0.3 is 0 Å². The van der Waals surface area contributed by atoms with E-state index >= 15 is 0 Å². The van der Waals surface area contributed by atoms with Gasteiger partial charge in [-0.05, 0) is 38.9 Å². The fourth-order valence-corrected chi connectivity index (χ4v) is 3.95. The lowest BCUT2D eigenvalue weighted by Crippen LogP contribution is -2.40. The van der Waals surface area contributed by atoms with Crippen LogP contribution in [0.15, 0.2) is 12.1 Å². The highest BCUT2D eigenvalue weighted by atomic mass is 32.2. The Hall–Kier alpha value is -0.470. The lowest BCUT2D eigenvalue weighted by Gasteiger charge is -2.21. The molecular weight excluding hydrogens is 306 g/mol. The fourth-order valence-electron chi connectivity index (χ4n) is 1.87. The molecule has 1 unspecified atom stereocenters. The van der Waals surface area contributed by atoms with Crippen LogP contribution in [-0.4, -0.2) is 38.9 Å². The van der Waals surface area contributed by atoms with Crippen LogP contribution in [0, 0.1) is 6.92 Å². The van der Waals surface area contributed by atoms with Gasteiger partial charge in [0.1, 0.15) is 0 Å². The van der Waals surface area contributed by atoms with Crippen molar-refractivity contribution in [3.63, 3.8) is 0 Å². The van der Waals surface area contributed by atoms with E-state index in [9.17, 15) is 8.42 Å². The summed E-state index contributed by atoms with van der Waals surface area (Å²) in [6, 6.07) is 4.20. The van der Waals surface area contributed by atoms with Gasteiger partial charge in [-0.25, -0.2) is 0 Å². The van der Waals surface area contributed by atoms with Crippen LogP contribution in [0.3, 0.4) is 0 Å². The van der Waals surface area contributed by atoms with E-state index in [1.807, 2.05) is 26.0 Å². The molecular formula is C14H27N3O2S2. The molecule has 7 heteroatoms. The zero-order valence-corrected chi connectivity index (χ0v) is 15.1. The Morgan fingerprint density at radius 1 is 1.29 bits per heavy atom. The number of hydrogen-bond donors (Lipinski definition) is 2. The Kier molecular flexibility index (Phi) is 7.29. The monoisotopic (exact) mass is 333 g/mol. The molecule has 0 fully saturated rings. The first-order chi connectivity index (χ1) is 9.72. The number of thiophene rings is 1. The highest BCUT2D eigenvalue weighted by Crippen LogP contribution is 2.23. The molecule has 0 radical (unpaired) electrons. The zero-order valence-electron chi connectivity index (χ0n) is 13.5. The standard InChI is InChI=1S/C14H27N3O2S2/c1-11(2)15-9-6-10-17(5)21(18,19)16-13(4)14-8-7-12(3)20-14/h7-8,11,13,15-16H,6,9-10H2,1-5H3. The average Bonchev–Trinajstić information content (AvgIpc) is 2.80. The van der Waals surface area contributed by atoms with E-state index in [0.29, 0.717) is 12.6 Å². The minimum absolute atomic E-state index is 0.204. The molecule has 0 amide bonds. The predicted octanol–water partition coefficient (Wildman–Crippen LogP) is 2.27. The molecule has 1 aromatic heterocycles. The molecule has 0 saturated heterocycles. The summed E-state index contributed by atoms with van der Waals surface area (Å²) < 4.78 is 28.6. The molecule has 21 heavy (non-hydrogen) atoms. The minimum atomic E-state index is -3.44. The first-order valence-electron chi connectivity index (χ1n) is 7.25. The van der Waals surface area contributed by atoms with Gasteiger partial charge in [0.25, 0.3) is 10.2 Å². The number of hydrogen-bond acceptors (Lipinski definition) is 4. The SMILES string of the molecule is Cc1ccc(C(C)NS(=O)(=O)N(C)CCCNC(C)C)s1. The molecule has 122 valence electrons. The summed E-state index contributed by atoms with van der Waals surface area (Å²) >= 11 is 1.62. The van der Waals surface area contributed by atoms with Crippen LogP contribution >= 0.6 is 11.3 Å². The Labute approximate surface area is 132 Å². The third kappa shape index (κ3) is 6.44. The molecule has 0 aliphatic carbocycles. The van der Waals surface area contributed by atoms with Gasteiger partial charge in [0.15, 0.2) is 0 Å². The lowest BCUT2D eigenvalue weighted by atomic mass is 10.3. The third-order valence-corrected chi connectivity index (χ3v) is 5.96. The van der Waals surface area contributed by atoms with Crippen LogP contribution in [0.1, 0.15) is 43.0 Å². The van der Waals surface area contributed by atoms with Gasteiger partial charge in [-0.15, -0.1) is 11.3 Å². The lowest BCUT2D eigenvalue weighted by molar-refractivity contribution is 0.434. The predicted molar refractivity (Wildman–Crippen MR) is 89.9 cm³/mol. The molecule has 2 N–H and O–H groups in total. The Balaban J connectivity index is 2.48. The van der Waals surface area contributed by atoms with Gasteiger partial charge in [0, 0.05) is 29.4 Å². The van der Waals surface area contributed by atoms with Crippen LogP contribution in [-0.2, 0) is 10.2 Å². The molecule has 0 saturated carbocycles. The summed E-state index contributed by atoms with van der Waals surface area (Å²) in [7, 11) is -1.82. The maximum Gasteiger partial charge on any atom is 0.279 e. The quantitative estimate of drug-likeness (QED) is 0.682. The van der Waals surface area contributed by atoms with Crippen molar-refractivity contribution in [1.82, 2.24) is 14.3 Å². The average molecular weight is 334 g/mol. The Morgan fingerprint density at radius 2 is 1.95 bits per heavy atom. The maximum atomic E-state index is 12.2. The third-order valence-electron chi connectivity index (χ3n) is 3.13. The van der Waals surface area contributed by atoms with Crippen molar-refractivity contribution in [2.45, 2.75) is 46.2 Å². The molecule has 0 bridgehead atoms. The Bertz CT molecular complexity index is 526. The number of aryl methyl sites for hydroxylation is 1. The van der Waals surface area contributed by atoms with Crippen molar-refractivity contribution in [3.05, 3.63) is 21.9 Å². The molecule has 0 aromatic carbocycles. The van der Waals surface area contributed by atoms with Crippen molar-refractivity contribution in [3.8, 4) is 0 Å². The first kappa shape index (κ1) is 18.6. The summed E-state index contributed by atoms with van der Waals surface area (Å²) in [4.78, 5) is 2.22. The van der Waals surface area contributed by atoms with Gasteiger partial charge in [-0.2, -0.15) is 17.4 Å². The van der Waals surface area contributed by atoms with Gasteiger partial charge in [-0.3, -0.25) is 0 Å². The van der Waals surface area contributed by atoms with Crippen molar-refractivity contribution >= 4 is 21.5 Å². The topological polar surface area (TPSA) is 61.4 Å². The normalized spacial score (nSPS) is 14.0. The second kappa shape index (κ2) is 8.24. The fraction of sp³-hybridized carbons (Fsp3) is 0.714. The van der Waals surface area contributed by atoms with E-state index in [1.54, 1.807) is 18.4 Å². The second-order valence-corrected chi connectivity index (χ2v) is 8.71. The molecule has 0 aliphatic heterocycles. The van der Waals surface area contributed by atoms with Crippen molar-refractivity contribution in [1.29, 1.82) is 0 Å². The van der Waals surface area contributed by atoms with E-state index < -0.39 is 10.2 Å². The van der Waals surface area contributed by atoms with E-state index in [0.717, 1.165) is 17.8 Å². The first-order valence-corrected chi connectivity index (χ1v) is 9.51. The van der Waals surface area contributed by atoms with Crippen molar-refractivity contribution in [2.75, 3.05) is 20.1 Å². The van der Waals surface area contributed by atoms with Gasteiger partial charge < -0.3 is 5.32 Å². The molecule has 0 spiro atoms. The zero-order chi connectivity index (χ0) is 16.0. The molecule has 5 nitrogen and oxygen atoms in total. The van der Waals surface area contributed by atoms with Crippen molar-refractivity contribution in [2.24, 2.45) is 0 Å².